The van der Waals surface area contributed by atoms with Crippen LogP contribution in [-0.4, -0.2) is 26.3 Å². The van der Waals surface area contributed by atoms with Crippen molar-refractivity contribution >= 4 is 27.2 Å². The molecule has 3 aromatic heterocycles. The highest BCUT2D eigenvalue weighted by Gasteiger charge is 2.09. The first kappa shape index (κ1) is 15.0. The van der Waals surface area contributed by atoms with Crippen molar-refractivity contribution in [1.29, 1.82) is 0 Å². The third kappa shape index (κ3) is 2.83. The summed E-state index contributed by atoms with van der Waals surface area (Å²) < 4.78 is 14.8. The number of nitrogens with one attached hydrogen (secondary N) is 1. The monoisotopic (exact) mass is 342 g/mol. The zero-order chi connectivity index (χ0) is 16.7. The Morgan fingerprint density at radius 3 is 3.04 bits per heavy atom. The number of aromatic amines is 1. The molecule has 122 valence electrons. The van der Waals surface area contributed by atoms with Gasteiger partial charge in [0.2, 0.25) is 0 Å². The fraction of sp³-hybridized carbons (Fsp3) is 0.176. The van der Waals surface area contributed by atoms with Crippen molar-refractivity contribution < 1.29 is 4.39 Å². The molecule has 0 spiro atoms. The lowest BCUT2D eigenvalue weighted by atomic mass is 10.2. The molecule has 0 aliphatic carbocycles. The maximum atomic E-state index is 13.3. The first-order chi connectivity index (χ1) is 11.6. The summed E-state index contributed by atoms with van der Waals surface area (Å²) in [4.78, 5) is 22.6. The molecule has 0 aliphatic heterocycles. The lowest BCUT2D eigenvalue weighted by Gasteiger charge is -2.15. The van der Waals surface area contributed by atoms with Crippen molar-refractivity contribution in [3.05, 3.63) is 69.5 Å². The number of fused-ring (bicyclic) bond motifs is 2. The number of halogens is 1. The molecular weight excluding hydrogens is 327 g/mol. The summed E-state index contributed by atoms with van der Waals surface area (Å²) in [5, 5.41) is 2.70. The fourth-order valence-corrected chi connectivity index (χ4v) is 3.58. The second-order valence-corrected chi connectivity index (χ2v) is 6.71. The predicted molar refractivity (Wildman–Crippen MR) is 92.8 cm³/mol. The van der Waals surface area contributed by atoms with Gasteiger partial charge < -0.3 is 4.98 Å². The van der Waals surface area contributed by atoms with E-state index < -0.39 is 0 Å². The summed E-state index contributed by atoms with van der Waals surface area (Å²) in [5.74, 6) is -0.240. The number of hydrogen-bond donors (Lipinski definition) is 1. The van der Waals surface area contributed by atoms with Gasteiger partial charge in [0.05, 0.1) is 5.69 Å². The molecule has 1 aromatic carbocycles. The molecule has 7 heteroatoms. The molecule has 0 fully saturated rings. The van der Waals surface area contributed by atoms with Crippen LogP contribution in [0.3, 0.4) is 0 Å². The topological polar surface area (TPSA) is 53.4 Å². The third-order valence-electron chi connectivity index (χ3n) is 3.87. The first-order valence-corrected chi connectivity index (χ1v) is 8.38. The molecule has 0 unspecified atom stereocenters. The Labute approximate surface area is 141 Å². The van der Waals surface area contributed by atoms with E-state index in [1.54, 1.807) is 22.7 Å². The lowest BCUT2D eigenvalue weighted by molar-refractivity contribution is 0.312. The van der Waals surface area contributed by atoms with E-state index in [2.05, 4.69) is 14.9 Å². The van der Waals surface area contributed by atoms with Crippen molar-refractivity contribution in [1.82, 2.24) is 19.3 Å². The number of hydrogen-bond acceptors (Lipinski definition) is 4. The average Bonchev–Trinajstić information content (AvgIpc) is 3.12. The molecule has 1 N–H and O–H groups in total. The van der Waals surface area contributed by atoms with Gasteiger partial charge in [-0.05, 0) is 31.3 Å². The van der Waals surface area contributed by atoms with Gasteiger partial charge in [0.1, 0.15) is 5.82 Å². The predicted octanol–water partition coefficient (Wildman–Crippen LogP) is 3.01. The molecule has 0 saturated heterocycles. The van der Waals surface area contributed by atoms with Crippen molar-refractivity contribution in [2.24, 2.45) is 0 Å². The zero-order valence-corrected chi connectivity index (χ0v) is 13.8. The van der Waals surface area contributed by atoms with Gasteiger partial charge in [-0.15, -0.1) is 11.3 Å². The van der Waals surface area contributed by atoms with Gasteiger partial charge in [-0.3, -0.25) is 14.1 Å². The molecule has 0 bridgehead atoms. The molecule has 4 rings (SSSR count). The van der Waals surface area contributed by atoms with Crippen molar-refractivity contribution in [3.63, 3.8) is 0 Å². The van der Waals surface area contributed by atoms with Crippen molar-refractivity contribution in [2.75, 3.05) is 7.05 Å². The highest BCUT2D eigenvalue weighted by atomic mass is 32.1. The fourth-order valence-electron chi connectivity index (χ4n) is 2.84. The number of thiazole rings is 1. The second kappa shape index (κ2) is 5.85. The van der Waals surface area contributed by atoms with E-state index in [-0.39, 0.29) is 11.4 Å². The Morgan fingerprint density at radius 1 is 1.29 bits per heavy atom. The van der Waals surface area contributed by atoms with Gasteiger partial charge in [-0.2, -0.15) is 0 Å². The van der Waals surface area contributed by atoms with Crippen LogP contribution in [-0.2, 0) is 13.1 Å². The van der Waals surface area contributed by atoms with Crippen LogP contribution < -0.4 is 5.56 Å². The van der Waals surface area contributed by atoms with Crippen LogP contribution >= 0.6 is 11.3 Å². The number of nitrogens with zero attached hydrogens (tertiary/aromatic N) is 3. The number of benzene rings is 1. The normalized spacial score (nSPS) is 11.8. The smallest absolute Gasteiger partial charge is 0.258 e. The van der Waals surface area contributed by atoms with Crippen LogP contribution in [0.2, 0.25) is 0 Å². The minimum atomic E-state index is -0.240. The Hall–Kier alpha value is -2.51. The van der Waals surface area contributed by atoms with Gasteiger partial charge in [-0.25, -0.2) is 9.37 Å². The maximum absolute atomic E-state index is 13.3. The highest BCUT2D eigenvalue weighted by Crippen LogP contribution is 2.18. The SMILES string of the molecule is CN(Cc1cc(=O)n2ccsc2n1)Cc1cc2cc(F)ccc2[nH]1. The zero-order valence-electron chi connectivity index (χ0n) is 13.0. The van der Waals surface area contributed by atoms with E-state index in [9.17, 15) is 9.18 Å². The molecule has 0 aliphatic rings. The van der Waals surface area contributed by atoms with E-state index in [1.807, 2.05) is 18.5 Å². The molecule has 4 aromatic rings. The summed E-state index contributed by atoms with van der Waals surface area (Å²) in [6.45, 7) is 1.22. The Kier molecular flexibility index (Phi) is 3.66. The van der Waals surface area contributed by atoms with Gasteiger partial charge in [0, 0.05) is 47.3 Å². The van der Waals surface area contributed by atoms with Crippen LogP contribution in [0.1, 0.15) is 11.4 Å². The van der Waals surface area contributed by atoms with Crippen molar-refractivity contribution in [3.8, 4) is 0 Å². The Balaban J connectivity index is 1.54. The van der Waals surface area contributed by atoms with E-state index in [0.717, 1.165) is 22.3 Å². The first-order valence-electron chi connectivity index (χ1n) is 7.50. The standard InChI is InChI=1S/C17H15FN4OS/c1-21(9-13-7-11-6-12(18)2-3-15(11)19-13)10-14-8-16(23)22-4-5-24-17(22)20-14/h2-8,19H,9-10H2,1H3. The quantitative estimate of drug-likeness (QED) is 0.620. The largest absolute Gasteiger partial charge is 0.357 e. The van der Waals surface area contributed by atoms with Crippen LogP contribution in [0.25, 0.3) is 15.9 Å². The molecule has 24 heavy (non-hydrogen) atoms. The van der Waals surface area contributed by atoms with E-state index in [0.29, 0.717) is 18.1 Å². The second-order valence-electron chi connectivity index (χ2n) is 5.84. The minimum Gasteiger partial charge on any atom is -0.357 e. The van der Waals surface area contributed by atoms with E-state index >= 15 is 0 Å². The van der Waals surface area contributed by atoms with Crippen molar-refractivity contribution in [2.45, 2.75) is 13.1 Å². The lowest BCUT2D eigenvalue weighted by Crippen LogP contribution is -2.21. The van der Waals surface area contributed by atoms with E-state index in [4.69, 9.17) is 0 Å². The highest BCUT2D eigenvalue weighted by molar-refractivity contribution is 7.15. The summed E-state index contributed by atoms with van der Waals surface area (Å²) in [5.41, 5.74) is 2.58. The maximum Gasteiger partial charge on any atom is 0.258 e. The molecule has 0 saturated carbocycles. The number of H-pyrrole nitrogens is 1. The summed E-state index contributed by atoms with van der Waals surface area (Å²) >= 11 is 1.44. The van der Waals surface area contributed by atoms with E-state index in [1.165, 1.54) is 23.5 Å². The summed E-state index contributed by atoms with van der Waals surface area (Å²) in [6.07, 6.45) is 1.73. The van der Waals surface area contributed by atoms with Gasteiger partial charge >= 0.3 is 0 Å². The number of aromatic nitrogens is 3. The molecule has 5 nitrogen and oxygen atoms in total. The molecule has 0 atom stereocenters. The van der Waals surface area contributed by atoms with Crippen LogP contribution in [0.4, 0.5) is 4.39 Å². The summed E-state index contributed by atoms with van der Waals surface area (Å²) in [6, 6.07) is 8.21. The number of rotatable bonds is 4. The van der Waals surface area contributed by atoms with Gasteiger partial charge in [0.25, 0.3) is 5.56 Å². The minimum absolute atomic E-state index is 0.0641. The Morgan fingerprint density at radius 2 is 2.17 bits per heavy atom. The van der Waals surface area contributed by atoms with Gasteiger partial charge in [-0.1, -0.05) is 0 Å². The van der Waals surface area contributed by atoms with Crippen LogP contribution in [0.15, 0.2) is 46.7 Å². The van der Waals surface area contributed by atoms with Gasteiger partial charge in [0.15, 0.2) is 4.96 Å². The molecular formula is C17H15FN4OS. The molecule has 0 amide bonds. The summed E-state index contributed by atoms with van der Waals surface area (Å²) in [7, 11) is 1.96. The molecule has 3 heterocycles. The average molecular weight is 342 g/mol. The van der Waals surface area contributed by atoms with Crippen LogP contribution in [0.5, 0.6) is 0 Å². The third-order valence-corrected chi connectivity index (χ3v) is 4.62. The molecule has 0 radical (unpaired) electrons. The Bertz CT molecular complexity index is 1080. The van der Waals surface area contributed by atoms with Crippen LogP contribution in [0, 0.1) is 5.82 Å².